The molecule has 1 fully saturated rings. The molecule has 0 saturated carbocycles. The Bertz CT molecular complexity index is 642. The van der Waals surface area contributed by atoms with Crippen LogP contribution in [-0.4, -0.2) is 36.7 Å². The standard InChI is InChI=1S/C18H20N2O2S/c21-18(16-12-23-13-20-16)19-10-11-22-17-9-5-4-8-15(17)14-6-2-1-3-7-14/h1-9,16,20H,10-13H2,(H,19,21). The largest absolute Gasteiger partial charge is 0.491 e. The van der Waals surface area contributed by atoms with Crippen LogP contribution in [-0.2, 0) is 4.79 Å². The fourth-order valence-electron chi connectivity index (χ4n) is 2.47. The van der Waals surface area contributed by atoms with Gasteiger partial charge in [-0.05, 0) is 11.6 Å². The molecular formula is C18H20N2O2S. The van der Waals surface area contributed by atoms with Gasteiger partial charge in [0, 0.05) is 17.2 Å². The monoisotopic (exact) mass is 328 g/mol. The number of carbonyl (C=O) groups excluding carboxylic acids is 1. The highest BCUT2D eigenvalue weighted by Crippen LogP contribution is 2.29. The third-order valence-corrected chi connectivity index (χ3v) is 4.60. The zero-order valence-electron chi connectivity index (χ0n) is 12.8. The second-order valence-corrected chi connectivity index (χ2v) is 6.30. The van der Waals surface area contributed by atoms with Gasteiger partial charge in [0.1, 0.15) is 12.4 Å². The molecule has 2 aromatic carbocycles. The highest BCUT2D eigenvalue weighted by Gasteiger charge is 2.21. The minimum absolute atomic E-state index is 0.0509. The van der Waals surface area contributed by atoms with Gasteiger partial charge in [-0.2, -0.15) is 0 Å². The number of carbonyl (C=O) groups is 1. The van der Waals surface area contributed by atoms with Crippen LogP contribution in [0, 0.1) is 0 Å². The van der Waals surface area contributed by atoms with Crippen LogP contribution in [0.3, 0.4) is 0 Å². The summed E-state index contributed by atoms with van der Waals surface area (Å²) < 4.78 is 5.86. The van der Waals surface area contributed by atoms with Crippen LogP contribution < -0.4 is 15.4 Å². The number of hydrogen-bond acceptors (Lipinski definition) is 4. The van der Waals surface area contributed by atoms with Crippen LogP contribution in [0.15, 0.2) is 54.6 Å². The normalized spacial score (nSPS) is 17.0. The Morgan fingerprint density at radius 3 is 2.74 bits per heavy atom. The molecule has 1 saturated heterocycles. The highest BCUT2D eigenvalue weighted by atomic mass is 32.2. The number of para-hydroxylation sites is 1. The van der Waals surface area contributed by atoms with E-state index in [1.54, 1.807) is 11.8 Å². The van der Waals surface area contributed by atoms with Gasteiger partial charge >= 0.3 is 0 Å². The number of hydrogen-bond donors (Lipinski definition) is 2. The van der Waals surface area contributed by atoms with E-state index in [1.165, 1.54) is 0 Å². The van der Waals surface area contributed by atoms with E-state index in [2.05, 4.69) is 22.8 Å². The van der Waals surface area contributed by atoms with Crippen molar-refractivity contribution in [3.63, 3.8) is 0 Å². The van der Waals surface area contributed by atoms with Crippen molar-refractivity contribution in [2.75, 3.05) is 24.8 Å². The van der Waals surface area contributed by atoms with Crippen molar-refractivity contribution >= 4 is 17.7 Å². The van der Waals surface area contributed by atoms with Crippen molar-refractivity contribution in [3.05, 3.63) is 54.6 Å². The second-order valence-electron chi connectivity index (χ2n) is 5.27. The lowest BCUT2D eigenvalue weighted by atomic mass is 10.1. The maximum Gasteiger partial charge on any atom is 0.238 e. The molecule has 1 unspecified atom stereocenters. The molecule has 0 aromatic heterocycles. The summed E-state index contributed by atoms with van der Waals surface area (Å²) in [5.41, 5.74) is 2.19. The molecule has 1 atom stereocenters. The van der Waals surface area contributed by atoms with Crippen molar-refractivity contribution in [2.24, 2.45) is 0 Å². The number of rotatable bonds is 6. The first-order valence-electron chi connectivity index (χ1n) is 7.71. The molecular weight excluding hydrogens is 308 g/mol. The maximum atomic E-state index is 11.9. The van der Waals surface area contributed by atoms with Gasteiger partial charge in [-0.25, -0.2) is 0 Å². The Morgan fingerprint density at radius 2 is 1.96 bits per heavy atom. The fraction of sp³-hybridized carbons (Fsp3) is 0.278. The van der Waals surface area contributed by atoms with Gasteiger partial charge in [0.25, 0.3) is 0 Å². The predicted octanol–water partition coefficient (Wildman–Crippen LogP) is 2.51. The Morgan fingerprint density at radius 1 is 1.17 bits per heavy atom. The average Bonchev–Trinajstić information content (AvgIpc) is 3.14. The smallest absolute Gasteiger partial charge is 0.238 e. The molecule has 1 aliphatic heterocycles. The molecule has 4 nitrogen and oxygen atoms in total. The minimum Gasteiger partial charge on any atom is -0.491 e. The number of nitrogens with one attached hydrogen (secondary N) is 2. The van der Waals surface area contributed by atoms with Gasteiger partial charge in [0.2, 0.25) is 5.91 Å². The predicted molar refractivity (Wildman–Crippen MR) is 94.6 cm³/mol. The number of amides is 1. The van der Waals surface area contributed by atoms with Crippen LogP contribution in [0.5, 0.6) is 5.75 Å². The average molecular weight is 328 g/mol. The third kappa shape index (κ3) is 4.27. The van der Waals surface area contributed by atoms with Crippen molar-refractivity contribution in [1.82, 2.24) is 10.6 Å². The quantitative estimate of drug-likeness (QED) is 0.800. The first-order valence-corrected chi connectivity index (χ1v) is 8.86. The lowest BCUT2D eigenvalue weighted by Crippen LogP contribution is -2.43. The van der Waals surface area contributed by atoms with E-state index in [4.69, 9.17) is 4.74 Å². The molecule has 2 aromatic rings. The van der Waals surface area contributed by atoms with Gasteiger partial charge < -0.3 is 10.1 Å². The van der Waals surface area contributed by atoms with E-state index in [1.807, 2.05) is 42.5 Å². The topological polar surface area (TPSA) is 50.4 Å². The van der Waals surface area contributed by atoms with E-state index in [0.717, 1.165) is 28.5 Å². The van der Waals surface area contributed by atoms with Gasteiger partial charge in [-0.1, -0.05) is 48.5 Å². The van der Waals surface area contributed by atoms with E-state index in [0.29, 0.717) is 13.2 Å². The zero-order valence-corrected chi connectivity index (χ0v) is 13.6. The number of thioether (sulfide) groups is 1. The summed E-state index contributed by atoms with van der Waals surface area (Å²) in [6, 6.07) is 18.0. The lowest BCUT2D eigenvalue weighted by Gasteiger charge is -2.13. The Hall–Kier alpha value is -1.98. The molecule has 0 radical (unpaired) electrons. The van der Waals surface area contributed by atoms with Crippen LogP contribution >= 0.6 is 11.8 Å². The van der Waals surface area contributed by atoms with Crippen molar-refractivity contribution in [3.8, 4) is 16.9 Å². The zero-order chi connectivity index (χ0) is 15.9. The van der Waals surface area contributed by atoms with Crippen molar-refractivity contribution in [2.45, 2.75) is 6.04 Å². The number of benzene rings is 2. The molecule has 2 N–H and O–H groups in total. The molecule has 1 amide bonds. The maximum absolute atomic E-state index is 11.9. The summed E-state index contributed by atoms with van der Waals surface area (Å²) in [6.45, 7) is 0.959. The summed E-state index contributed by atoms with van der Waals surface area (Å²) >= 11 is 1.74. The van der Waals surface area contributed by atoms with Crippen LogP contribution in [0.1, 0.15) is 0 Å². The molecule has 3 rings (SSSR count). The van der Waals surface area contributed by atoms with Crippen LogP contribution in [0.2, 0.25) is 0 Å². The molecule has 0 bridgehead atoms. The highest BCUT2D eigenvalue weighted by molar-refractivity contribution is 7.99. The van der Waals surface area contributed by atoms with Crippen molar-refractivity contribution in [1.29, 1.82) is 0 Å². The molecule has 0 aliphatic carbocycles. The fourth-order valence-corrected chi connectivity index (χ4v) is 3.41. The first kappa shape index (κ1) is 15.9. The molecule has 1 heterocycles. The molecule has 23 heavy (non-hydrogen) atoms. The molecule has 5 heteroatoms. The van der Waals surface area contributed by atoms with Gasteiger partial charge in [-0.15, -0.1) is 11.8 Å². The summed E-state index contributed by atoms with van der Waals surface area (Å²) in [7, 11) is 0. The minimum atomic E-state index is -0.0726. The third-order valence-electron chi connectivity index (χ3n) is 3.66. The lowest BCUT2D eigenvalue weighted by molar-refractivity contribution is -0.122. The SMILES string of the molecule is O=C(NCCOc1ccccc1-c1ccccc1)C1CSCN1. The van der Waals surface area contributed by atoms with E-state index < -0.39 is 0 Å². The molecule has 120 valence electrons. The molecule has 1 aliphatic rings. The summed E-state index contributed by atoms with van der Waals surface area (Å²) in [6.07, 6.45) is 0. The first-order chi connectivity index (χ1) is 11.3. The summed E-state index contributed by atoms with van der Waals surface area (Å²) in [5.74, 6) is 2.57. The van der Waals surface area contributed by atoms with E-state index in [-0.39, 0.29) is 11.9 Å². The van der Waals surface area contributed by atoms with Crippen LogP contribution in [0.4, 0.5) is 0 Å². The number of ether oxygens (including phenoxy) is 1. The second kappa shape index (κ2) is 8.04. The Kier molecular flexibility index (Phi) is 5.56. The van der Waals surface area contributed by atoms with Gasteiger partial charge in [0.05, 0.1) is 12.6 Å². The van der Waals surface area contributed by atoms with E-state index in [9.17, 15) is 4.79 Å². The molecule has 0 spiro atoms. The Labute approximate surface area is 140 Å². The summed E-state index contributed by atoms with van der Waals surface area (Å²) in [4.78, 5) is 11.9. The van der Waals surface area contributed by atoms with Crippen molar-refractivity contribution < 1.29 is 9.53 Å². The van der Waals surface area contributed by atoms with E-state index >= 15 is 0 Å². The van der Waals surface area contributed by atoms with Gasteiger partial charge in [0.15, 0.2) is 0 Å². The Balaban J connectivity index is 1.53. The summed E-state index contributed by atoms with van der Waals surface area (Å²) in [5, 5.41) is 6.07. The van der Waals surface area contributed by atoms with Crippen LogP contribution in [0.25, 0.3) is 11.1 Å². The van der Waals surface area contributed by atoms with Gasteiger partial charge in [-0.3, -0.25) is 10.1 Å².